The van der Waals surface area contributed by atoms with E-state index in [4.69, 9.17) is 0 Å². The van der Waals surface area contributed by atoms with Gasteiger partial charge in [-0.15, -0.1) is 0 Å². The van der Waals surface area contributed by atoms with Gasteiger partial charge in [0.2, 0.25) is 5.91 Å². The number of rotatable bonds is 1. The van der Waals surface area contributed by atoms with Gasteiger partial charge in [0, 0.05) is 23.5 Å². The average molecular weight is 188 g/mol. The van der Waals surface area contributed by atoms with Crippen molar-refractivity contribution in [3.8, 4) is 0 Å². The zero-order chi connectivity index (χ0) is 10.1. The lowest BCUT2D eigenvalue weighted by Gasteiger charge is -2.00. The number of carbonyl (C=O) groups is 1. The summed E-state index contributed by atoms with van der Waals surface area (Å²) in [6.45, 7) is 3.46. The highest BCUT2D eigenvalue weighted by molar-refractivity contribution is 6.02. The second-order valence-electron chi connectivity index (χ2n) is 3.35. The molecule has 2 N–H and O–H groups in total. The minimum absolute atomic E-state index is 0.0437. The number of amides is 1. The minimum atomic E-state index is -0.0437. The van der Waals surface area contributed by atoms with E-state index in [0.717, 1.165) is 22.3 Å². The Hall–Kier alpha value is -1.77. The summed E-state index contributed by atoms with van der Waals surface area (Å²) in [7, 11) is 0. The number of aryl methyl sites for hydroxylation is 1. The molecule has 1 heterocycles. The number of anilines is 1. The number of hydrogen-bond acceptors (Lipinski definition) is 1. The predicted molar refractivity (Wildman–Crippen MR) is 57.3 cm³/mol. The number of carbonyl (C=O) groups excluding carboxylic acids is 1. The van der Waals surface area contributed by atoms with Gasteiger partial charge in [-0.3, -0.25) is 4.79 Å². The molecule has 0 fully saturated rings. The Balaban J connectivity index is 2.62. The zero-order valence-electron chi connectivity index (χ0n) is 8.22. The van der Waals surface area contributed by atoms with Crippen molar-refractivity contribution < 1.29 is 4.79 Å². The van der Waals surface area contributed by atoms with Crippen molar-refractivity contribution >= 4 is 22.5 Å². The molecule has 0 spiro atoms. The lowest BCUT2D eigenvalue weighted by atomic mass is 10.2. The van der Waals surface area contributed by atoms with Gasteiger partial charge in [-0.25, -0.2) is 0 Å². The number of aromatic nitrogens is 1. The molecule has 72 valence electrons. The summed E-state index contributed by atoms with van der Waals surface area (Å²) in [4.78, 5) is 14.2. The Morgan fingerprint density at radius 2 is 2.07 bits per heavy atom. The predicted octanol–water partition coefficient (Wildman–Crippen LogP) is 2.43. The third-order valence-electron chi connectivity index (χ3n) is 2.19. The number of H-pyrrole nitrogens is 1. The van der Waals surface area contributed by atoms with Gasteiger partial charge < -0.3 is 10.3 Å². The number of hydrogen-bond donors (Lipinski definition) is 2. The first-order valence-corrected chi connectivity index (χ1v) is 4.53. The molecule has 2 aromatic rings. The highest BCUT2D eigenvalue weighted by Gasteiger charge is 2.07. The van der Waals surface area contributed by atoms with E-state index in [1.165, 1.54) is 6.92 Å². The highest BCUT2D eigenvalue weighted by atomic mass is 16.1. The third kappa shape index (κ3) is 1.37. The molecule has 0 saturated heterocycles. The summed E-state index contributed by atoms with van der Waals surface area (Å²) >= 11 is 0. The molecule has 3 heteroatoms. The monoisotopic (exact) mass is 188 g/mol. The van der Waals surface area contributed by atoms with Crippen LogP contribution in [0.15, 0.2) is 24.3 Å². The van der Waals surface area contributed by atoms with Crippen LogP contribution in [0.25, 0.3) is 10.9 Å². The van der Waals surface area contributed by atoms with Crippen LogP contribution < -0.4 is 5.32 Å². The van der Waals surface area contributed by atoms with Crippen molar-refractivity contribution in [2.24, 2.45) is 0 Å². The van der Waals surface area contributed by atoms with Crippen LogP contribution in [0.2, 0.25) is 0 Å². The number of aromatic amines is 1. The molecule has 0 saturated carbocycles. The van der Waals surface area contributed by atoms with Gasteiger partial charge in [-0.05, 0) is 13.0 Å². The lowest BCUT2D eigenvalue weighted by Crippen LogP contribution is -2.06. The summed E-state index contributed by atoms with van der Waals surface area (Å²) in [5, 5.41) is 3.88. The largest absolute Gasteiger partial charge is 0.357 e. The number of para-hydroxylation sites is 1. The standard InChI is InChI=1S/C11H12N2O/c1-7-11(13-8(2)14)9-5-3-4-6-10(9)12-7/h3-6,12H,1-2H3,(H,13,14). The quantitative estimate of drug-likeness (QED) is 0.709. The van der Waals surface area contributed by atoms with Crippen molar-refractivity contribution in [1.82, 2.24) is 4.98 Å². The summed E-state index contributed by atoms with van der Waals surface area (Å²) in [6, 6.07) is 7.91. The molecule has 0 aliphatic rings. The molecular weight excluding hydrogens is 176 g/mol. The van der Waals surface area contributed by atoms with Gasteiger partial charge in [0.1, 0.15) is 0 Å². The molecule has 0 aliphatic carbocycles. The van der Waals surface area contributed by atoms with Gasteiger partial charge >= 0.3 is 0 Å². The third-order valence-corrected chi connectivity index (χ3v) is 2.19. The van der Waals surface area contributed by atoms with Crippen LogP contribution in [0.5, 0.6) is 0 Å². The van der Waals surface area contributed by atoms with Crippen LogP contribution in [0, 0.1) is 6.92 Å². The van der Waals surface area contributed by atoms with E-state index in [0.29, 0.717) is 0 Å². The van der Waals surface area contributed by atoms with Crippen LogP contribution >= 0.6 is 0 Å². The Labute approximate surface area is 82.1 Å². The molecule has 0 radical (unpaired) electrons. The fourth-order valence-electron chi connectivity index (χ4n) is 1.61. The van der Waals surface area contributed by atoms with Crippen molar-refractivity contribution in [3.63, 3.8) is 0 Å². The van der Waals surface area contributed by atoms with Crippen molar-refractivity contribution in [3.05, 3.63) is 30.0 Å². The number of benzene rings is 1. The maximum absolute atomic E-state index is 11.0. The number of nitrogens with one attached hydrogen (secondary N) is 2. The second kappa shape index (κ2) is 3.18. The van der Waals surface area contributed by atoms with E-state index in [1.807, 2.05) is 31.2 Å². The fourth-order valence-corrected chi connectivity index (χ4v) is 1.61. The van der Waals surface area contributed by atoms with Gasteiger partial charge in [0.15, 0.2) is 0 Å². The topological polar surface area (TPSA) is 44.9 Å². The lowest BCUT2D eigenvalue weighted by molar-refractivity contribution is -0.114. The maximum Gasteiger partial charge on any atom is 0.221 e. The summed E-state index contributed by atoms with van der Waals surface area (Å²) in [5.74, 6) is -0.0437. The van der Waals surface area contributed by atoms with Crippen LogP contribution in [0.4, 0.5) is 5.69 Å². The Bertz CT molecular complexity index is 485. The Morgan fingerprint density at radius 3 is 2.79 bits per heavy atom. The van der Waals surface area contributed by atoms with E-state index >= 15 is 0 Å². The fraction of sp³-hybridized carbons (Fsp3) is 0.182. The molecule has 0 atom stereocenters. The SMILES string of the molecule is CC(=O)Nc1c(C)[nH]c2ccccc12. The number of fused-ring (bicyclic) bond motifs is 1. The molecule has 2 rings (SSSR count). The van der Waals surface area contributed by atoms with Gasteiger partial charge in [0.05, 0.1) is 5.69 Å². The molecule has 1 aromatic carbocycles. The van der Waals surface area contributed by atoms with Crippen LogP contribution in [-0.2, 0) is 4.79 Å². The minimum Gasteiger partial charge on any atom is -0.357 e. The zero-order valence-corrected chi connectivity index (χ0v) is 8.22. The van der Waals surface area contributed by atoms with Crippen LogP contribution in [0.1, 0.15) is 12.6 Å². The van der Waals surface area contributed by atoms with Crippen LogP contribution in [-0.4, -0.2) is 10.9 Å². The summed E-state index contributed by atoms with van der Waals surface area (Å²) < 4.78 is 0. The van der Waals surface area contributed by atoms with Crippen LogP contribution in [0.3, 0.4) is 0 Å². The molecule has 14 heavy (non-hydrogen) atoms. The highest BCUT2D eigenvalue weighted by Crippen LogP contribution is 2.26. The smallest absolute Gasteiger partial charge is 0.221 e. The summed E-state index contributed by atoms with van der Waals surface area (Å²) in [6.07, 6.45) is 0. The molecule has 1 aromatic heterocycles. The van der Waals surface area contributed by atoms with Gasteiger partial charge in [-0.1, -0.05) is 18.2 Å². The van der Waals surface area contributed by atoms with Gasteiger partial charge in [0.25, 0.3) is 0 Å². The molecule has 1 amide bonds. The van der Waals surface area contributed by atoms with E-state index < -0.39 is 0 Å². The van der Waals surface area contributed by atoms with E-state index in [9.17, 15) is 4.79 Å². The maximum atomic E-state index is 11.0. The Morgan fingerprint density at radius 1 is 1.36 bits per heavy atom. The van der Waals surface area contributed by atoms with E-state index in [2.05, 4.69) is 10.3 Å². The Kier molecular flexibility index (Phi) is 2.00. The molecule has 3 nitrogen and oxygen atoms in total. The second-order valence-corrected chi connectivity index (χ2v) is 3.35. The molecule has 0 aliphatic heterocycles. The first-order valence-electron chi connectivity index (χ1n) is 4.53. The molecule has 0 unspecified atom stereocenters. The molecular formula is C11H12N2O. The molecule has 0 bridgehead atoms. The van der Waals surface area contributed by atoms with E-state index in [1.54, 1.807) is 0 Å². The van der Waals surface area contributed by atoms with Crippen molar-refractivity contribution in [1.29, 1.82) is 0 Å². The van der Waals surface area contributed by atoms with E-state index in [-0.39, 0.29) is 5.91 Å². The van der Waals surface area contributed by atoms with Crippen molar-refractivity contribution in [2.75, 3.05) is 5.32 Å². The summed E-state index contributed by atoms with van der Waals surface area (Å²) in [5.41, 5.74) is 2.92. The van der Waals surface area contributed by atoms with Crippen molar-refractivity contribution in [2.45, 2.75) is 13.8 Å². The first-order chi connectivity index (χ1) is 6.68. The average Bonchev–Trinajstić information content (AvgIpc) is 2.43. The normalized spacial score (nSPS) is 10.4. The van der Waals surface area contributed by atoms with Gasteiger partial charge in [-0.2, -0.15) is 0 Å². The first kappa shape index (κ1) is 8.81.